The third-order valence-corrected chi connectivity index (χ3v) is 9.28. The number of benzene rings is 1. The lowest BCUT2D eigenvalue weighted by atomic mass is 9.48. The van der Waals surface area contributed by atoms with Gasteiger partial charge in [0.1, 0.15) is 6.10 Å². The maximum atomic E-state index is 12.5. The maximum absolute atomic E-state index is 12.5. The van der Waals surface area contributed by atoms with E-state index in [-0.39, 0.29) is 23.9 Å². The smallest absolute Gasteiger partial charge is 0.165 e. The Kier molecular flexibility index (Phi) is 4.97. The highest BCUT2D eigenvalue weighted by Gasteiger charge is 2.73. The van der Waals surface area contributed by atoms with Crippen molar-refractivity contribution >= 4 is 23.2 Å². The molecule has 5 atom stereocenters. The van der Waals surface area contributed by atoms with Crippen molar-refractivity contribution in [2.24, 2.45) is 5.92 Å². The molecule has 6 rings (SSSR count). The van der Waals surface area contributed by atoms with Crippen LogP contribution in [0.25, 0.3) is 0 Å². The molecular weight excluding hydrogens is 435 g/mol. The molecule has 1 saturated heterocycles. The number of phenolic OH excluding ortho intramolecular Hbond substituents is 1. The van der Waals surface area contributed by atoms with E-state index in [1.54, 1.807) is 6.07 Å². The molecule has 0 radical (unpaired) electrons. The topological polar surface area (TPSA) is 56.2 Å². The first-order valence-electron chi connectivity index (χ1n) is 11.9. The summed E-state index contributed by atoms with van der Waals surface area (Å²) in [5.41, 5.74) is 1.02. The van der Waals surface area contributed by atoms with Gasteiger partial charge in [0, 0.05) is 49.0 Å². The number of halogens is 2. The average Bonchev–Trinajstić information content (AvgIpc) is 3.49. The van der Waals surface area contributed by atoms with Gasteiger partial charge in [-0.2, -0.15) is 0 Å². The Morgan fingerprint density at radius 2 is 1.90 bits per heavy atom. The number of hydrogen-bond donors (Lipinski definition) is 2. The molecule has 1 aromatic carbocycles. The van der Waals surface area contributed by atoms with Gasteiger partial charge in [-0.15, -0.1) is 23.2 Å². The maximum Gasteiger partial charge on any atom is 0.165 e. The van der Waals surface area contributed by atoms with Crippen molar-refractivity contribution in [3.8, 4) is 11.5 Å². The largest absolute Gasteiger partial charge is 0.504 e. The van der Waals surface area contributed by atoms with Gasteiger partial charge in [-0.1, -0.05) is 6.07 Å². The average molecular weight is 467 g/mol. The highest BCUT2D eigenvalue weighted by molar-refractivity contribution is 6.18. The molecule has 0 amide bonds. The number of piperidine rings is 1. The van der Waals surface area contributed by atoms with Crippen LogP contribution in [-0.4, -0.2) is 81.7 Å². The van der Waals surface area contributed by atoms with Crippen LogP contribution in [0.15, 0.2) is 12.1 Å². The summed E-state index contributed by atoms with van der Waals surface area (Å²) < 4.78 is 6.63. The van der Waals surface area contributed by atoms with Crippen molar-refractivity contribution in [1.82, 2.24) is 9.80 Å². The molecule has 3 fully saturated rings. The number of hydrogen-bond acceptors (Lipinski definition) is 5. The fourth-order valence-corrected chi connectivity index (χ4v) is 7.92. The number of likely N-dealkylation sites (tertiary alicyclic amines) is 1. The Labute approximate surface area is 194 Å². The molecular formula is C24H32Cl2N2O3. The van der Waals surface area contributed by atoms with Gasteiger partial charge in [0.15, 0.2) is 11.5 Å². The summed E-state index contributed by atoms with van der Waals surface area (Å²) in [4.78, 5) is 4.92. The van der Waals surface area contributed by atoms with Crippen molar-refractivity contribution in [2.45, 2.75) is 67.7 Å². The van der Waals surface area contributed by atoms with Crippen LogP contribution in [-0.2, 0) is 11.8 Å². The van der Waals surface area contributed by atoms with Crippen LogP contribution in [0.1, 0.15) is 43.2 Å². The van der Waals surface area contributed by atoms with Crippen LogP contribution >= 0.6 is 23.2 Å². The third-order valence-electron chi connectivity index (χ3n) is 8.94. The van der Waals surface area contributed by atoms with Gasteiger partial charge in [0.05, 0.1) is 11.0 Å². The minimum Gasteiger partial charge on any atom is -0.504 e. The van der Waals surface area contributed by atoms with Crippen LogP contribution in [0.5, 0.6) is 11.5 Å². The first-order valence-corrected chi connectivity index (χ1v) is 12.9. The van der Waals surface area contributed by atoms with Crippen LogP contribution in [0.3, 0.4) is 0 Å². The van der Waals surface area contributed by atoms with Gasteiger partial charge in [0.25, 0.3) is 0 Å². The monoisotopic (exact) mass is 466 g/mol. The second-order valence-corrected chi connectivity index (χ2v) is 11.1. The number of aliphatic hydroxyl groups is 1. The highest BCUT2D eigenvalue weighted by atomic mass is 35.5. The fourth-order valence-electron chi connectivity index (χ4n) is 7.49. The predicted molar refractivity (Wildman–Crippen MR) is 122 cm³/mol. The standard InChI is InChI=1S/C24H32Cl2N2O3/c25-8-11-27(12-9-26)17-5-6-24(30)19-13-16-3-4-18(29)21-20(16)23(24,22(17)31-21)7-10-28(19)14-15-1-2-15/h3-4,15,17,19,22,29-30H,1-2,5-14H2/t17?,19?,22-,23?,24?/m0/s1. The Hall–Kier alpha value is -0.720. The van der Waals surface area contributed by atoms with Crippen molar-refractivity contribution in [3.05, 3.63) is 23.3 Å². The molecule has 5 aliphatic rings. The lowest BCUT2D eigenvalue weighted by Gasteiger charge is -2.65. The fraction of sp³-hybridized carbons (Fsp3) is 0.750. The van der Waals surface area contributed by atoms with Gasteiger partial charge < -0.3 is 14.9 Å². The molecule has 2 saturated carbocycles. The molecule has 2 aliphatic heterocycles. The van der Waals surface area contributed by atoms with E-state index in [2.05, 4.69) is 15.9 Å². The van der Waals surface area contributed by atoms with Crippen LogP contribution in [0.4, 0.5) is 0 Å². The molecule has 3 aliphatic carbocycles. The molecule has 5 nitrogen and oxygen atoms in total. The van der Waals surface area contributed by atoms with Gasteiger partial charge in [0.2, 0.25) is 0 Å². The normalized spacial score (nSPS) is 38.3. The van der Waals surface area contributed by atoms with E-state index in [0.29, 0.717) is 17.5 Å². The summed E-state index contributed by atoms with van der Waals surface area (Å²) in [5, 5.41) is 23.2. The van der Waals surface area contributed by atoms with Crippen LogP contribution in [0, 0.1) is 5.92 Å². The van der Waals surface area contributed by atoms with Crippen molar-refractivity contribution in [3.63, 3.8) is 0 Å². The Balaban J connectivity index is 1.47. The molecule has 1 aromatic rings. The Morgan fingerprint density at radius 1 is 1.13 bits per heavy atom. The molecule has 2 N–H and O–H groups in total. The summed E-state index contributed by atoms with van der Waals surface area (Å²) >= 11 is 12.3. The SMILES string of the molecule is Oc1ccc2c3c1O[C@H]1C(N(CCCl)CCCl)CCC4(O)C(C2)N(CC2CC2)CCC314. The molecule has 2 heterocycles. The zero-order valence-corrected chi connectivity index (χ0v) is 19.4. The van der Waals surface area contributed by atoms with E-state index in [4.69, 9.17) is 27.9 Å². The second-order valence-electron chi connectivity index (χ2n) is 10.3. The molecule has 7 heteroatoms. The Morgan fingerprint density at radius 3 is 2.61 bits per heavy atom. The first-order chi connectivity index (χ1) is 15.0. The third kappa shape index (κ3) is 2.80. The molecule has 170 valence electrons. The predicted octanol–water partition coefficient (Wildman–Crippen LogP) is 3.10. The van der Waals surface area contributed by atoms with E-state index in [1.165, 1.54) is 18.4 Å². The van der Waals surface area contributed by atoms with E-state index < -0.39 is 11.0 Å². The van der Waals surface area contributed by atoms with Crippen molar-refractivity contribution < 1.29 is 14.9 Å². The zero-order valence-electron chi connectivity index (χ0n) is 17.9. The summed E-state index contributed by atoms with van der Waals surface area (Å²) in [6, 6.07) is 4.09. The Bertz CT molecular complexity index is 875. The second kappa shape index (κ2) is 7.39. The minimum atomic E-state index is -0.832. The van der Waals surface area contributed by atoms with Gasteiger partial charge in [-0.05, 0) is 62.6 Å². The van der Waals surface area contributed by atoms with Crippen LogP contribution in [0.2, 0.25) is 0 Å². The molecule has 31 heavy (non-hydrogen) atoms. The number of aromatic hydroxyl groups is 1. The van der Waals surface area contributed by atoms with E-state index >= 15 is 0 Å². The van der Waals surface area contributed by atoms with Crippen LogP contribution < -0.4 is 4.74 Å². The van der Waals surface area contributed by atoms with Crippen molar-refractivity contribution in [2.75, 3.05) is 37.9 Å². The lowest BCUT2D eigenvalue weighted by Crippen LogP contribution is -2.78. The molecule has 2 bridgehead atoms. The number of alkyl halides is 2. The summed E-state index contributed by atoms with van der Waals surface area (Å²) in [6.07, 6.45) is 5.76. The van der Waals surface area contributed by atoms with Crippen molar-refractivity contribution in [1.29, 1.82) is 0 Å². The number of phenols is 1. The van der Waals surface area contributed by atoms with E-state index in [0.717, 1.165) is 63.3 Å². The molecule has 1 spiro atoms. The van der Waals surface area contributed by atoms with Gasteiger partial charge in [-0.3, -0.25) is 9.80 Å². The number of ether oxygens (including phenoxy) is 1. The number of rotatable bonds is 7. The quantitative estimate of drug-likeness (QED) is 0.604. The van der Waals surface area contributed by atoms with E-state index in [1.807, 2.05) is 0 Å². The lowest BCUT2D eigenvalue weighted by molar-refractivity contribution is -0.200. The molecule has 4 unspecified atom stereocenters. The van der Waals surface area contributed by atoms with Gasteiger partial charge >= 0.3 is 0 Å². The minimum absolute atomic E-state index is 0.117. The summed E-state index contributed by atoms with van der Waals surface area (Å²) in [7, 11) is 0. The molecule has 0 aromatic heterocycles. The highest BCUT2D eigenvalue weighted by Crippen LogP contribution is 2.66. The van der Waals surface area contributed by atoms with E-state index in [9.17, 15) is 10.2 Å². The summed E-state index contributed by atoms with van der Waals surface area (Å²) in [6.45, 7) is 3.58. The summed E-state index contributed by atoms with van der Waals surface area (Å²) in [5.74, 6) is 2.68. The van der Waals surface area contributed by atoms with Gasteiger partial charge in [-0.25, -0.2) is 0 Å². The first kappa shape index (κ1) is 20.9. The number of nitrogens with zero attached hydrogens (tertiary/aromatic N) is 2. The zero-order chi connectivity index (χ0) is 21.4.